The molecule has 180 valence electrons. The van der Waals surface area contributed by atoms with Gasteiger partial charge in [0.25, 0.3) is 5.56 Å². The predicted octanol–water partition coefficient (Wildman–Crippen LogP) is 3.58. The van der Waals surface area contributed by atoms with Gasteiger partial charge >= 0.3 is 0 Å². The van der Waals surface area contributed by atoms with E-state index in [2.05, 4.69) is 10.3 Å². The highest BCUT2D eigenvalue weighted by Crippen LogP contribution is 2.32. The molecule has 1 aliphatic rings. The fourth-order valence-electron chi connectivity index (χ4n) is 4.48. The van der Waals surface area contributed by atoms with Crippen molar-refractivity contribution < 1.29 is 18.7 Å². The number of hydrogen-bond donors (Lipinski definition) is 1. The summed E-state index contributed by atoms with van der Waals surface area (Å²) in [4.78, 5) is 31.0. The van der Waals surface area contributed by atoms with Crippen LogP contribution in [0.1, 0.15) is 11.1 Å². The maximum absolute atomic E-state index is 14.1. The number of fused-ring (bicyclic) bond motifs is 4. The van der Waals surface area contributed by atoms with E-state index in [0.717, 1.165) is 11.1 Å². The van der Waals surface area contributed by atoms with E-state index < -0.39 is 5.82 Å². The zero-order valence-electron chi connectivity index (χ0n) is 19.1. The first-order valence-electron chi connectivity index (χ1n) is 11.4. The normalized spacial score (nSPS) is 12.4. The molecule has 0 aliphatic carbocycles. The molecule has 3 aromatic carbocycles. The molecule has 6 rings (SSSR count). The molecule has 0 saturated heterocycles. The molecule has 0 atom stereocenters. The maximum Gasteiger partial charge on any atom is 0.278 e. The minimum atomic E-state index is -0.441. The van der Waals surface area contributed by atoms with Crippen LogP contribution in [0.3, 0.4) is 0 Å². The van der Waals surface area contributed by atoms with Crippen LogP contribution in [0.15, 0.2) is 77.9 Å². The van der Waals surface area contributed by atoms with E-state index in [0.29, 0.717) is 34.5 Å². The zero-order valence-corrected chi connectivity index (χ0v) is 19.1. The van der Waals surface area contributed by atoms with E-state index in [9.17, 15) is 14.0 Å². The smallest absolute Gasteiger partial charge is 0.278 e. The molecule has 0 spiro atoms. The molecule has 3 heterocycles. The Balaban J connectivity index is 1.34. The summed E-state index contributed by atoms with van der Waals surface area (Å²) in [6.07, 6.45) is 1.46. The molecule has 9 heteroatoms. The highest BCUT2D eigenvalue weighted by atomic mass is 19.1. The molecular weight excluding hydrogens is 463 g/mol. The Kier molecular flexibility index (Phi) is 5.37. The first-order valence-corrected chi connectivity index (χ1v) is 11.4. The van der Waals surface area contributed by atoms with Crippen molar-refractivity contribution in [3.8, 4) is 11.5 Å². The summed E-state index contributed by atoms with van der Waals surface area (Å²) >= 11 is 0. The van der Waals surface area contributed by atoms with Crippen LogP contribution < -0.4 is 20.3 Å². The number of halogens is 1. The summed E-state index contributed by atoms with van der Waals surface area (Å²) < 4.78 is 27.9. The van der Waals surface area contributed by atoms with Crippen LogP contribution in [0.25, 0.3) is 21.9 Å². The van der Waals surface area contributed by atoms with Gasteiger partial charge in [0, 0.05) is 11.9 Å². The van der Waals surface area contributed by atoms with Crippen molar-refractivity contribution in [3.05, 3.63) is 100 Å². The van der Waals surface area contributed by atoms with Crippen LogP contribution in [0.4, 0.5) is 4.39 Å². The van der Waals surface area contributed by atoms with E-state index in [1.165, 1.54) is 23.0 Å². The van der Waals surface area contributed by atoms with Crippen molar-refractivity contribution in [1.29, 1.82) is 0 Å². The number of amides is 1. The van der Waals surface area contributed by atoms with Crippen molar-refractivity contribution in [1.82, 2.24) is 19.4 Å². The third kappa shape index (κ3) is 3.94. The number of nitrogens with one attached hydrogen (secondary N) is 1. The third-order valence-electron chi connectivity index (χ3n) is 6.21. The highest BCUT2D eigenvalue weighted by Gasteiger charge is 2.19. The molecule has 0 bridgehead atoms. The van der Waals surface area contributed by atoms with Crippen LogP contribution in [0.5, 0.6) is 11.5 Å². The molecule has 36 heavy (non-hydrogen) atoms. The number of benzene rings is 3. The lowest BCUT2D eigenvalue weighted by Gasteiger charge is -2.10. The number of rotatable bonds is 6. The Morgan fingerprint density at radius 1 is 1.00 bits per heavy atom. The van der Waals surface area contributed by atoms with Gasteiger partial charge in [0.05, 0.1) is 18.4 Å². The largest absolute Gasteiger partial charge is 0.454 e. The number of hydrogen-bond acceptors (Lipinski definition) is 5. The second kappa shape index (κ2) is 8.84. The van der Waals surface area contributed by atoms with E-state index in [1.54, 1.807) is 16.7 Å². The Morgan fingerprint density at radius 3 is 2.69 bits per heavy atom. The lowest BCUT2D eigenvalue weighted by atomic mass is 10.2. The Labute approximate surface area is 204 Å². The monoisotopic (exact) mass is 484 g/mol. The Hall–Kier alpha value is -4.66. The van der Waals surface area contributed by atoms with Crippen molar-refractivity contribution in [3.63, 3.8) is 0 Å². The van der Waals surface area contributed by atoms with Crippen LogP contribution in [0, 0.1) is 5.82 Å². The molecule has 0 saturated carbocycles. The van der Waals surface area contributed by atoms with Gasteiger partial charge in [0.1, 0.15) is 23.4 Å². The van der Waals surface area contributed by atoms with Crippen LogP contribution in [0.2, 0.25) is 0 Å². The number of carbonyl (C=O) groups is 1. The summed E-state index contributed by atoms with van der Waals surface area (Å²) in [6.45, 7) is 0.657. The first kappa shape index (κ1) is 21.8. The van der Waals surface area contributed by atoms with Gasteiger partial charge in [-0.3, -0.25) is 14.2 Å². The second-order valence-corrected chi connectivity index (χ2v) is 8.57. The minimum Gasteiger partial charge on any atom is -0.454 e. The molecular formula is C27H21FN4O4. The molecule has 1 amide bonds. The average molecular weight is 484 g/mol. The van der Waals surface area contributed by atoms with E-state index >= 15 is 0 Å². The quantitative estimate of drug-likeness (QED) is 0.398. The molecule has 0 fully saturated rings. The Bertz CT molecular complexity index is 1680. The number of aromatic nitrogens is 3. The molecule has 8 nitrogen and oxygen atoms in total. The Morgan fingerprint density at radius 2 is 1.83 bits per heavy atom. The van der Waals surface area contributed by atoms with Gasteiger partial charge in [-0.1, -0.05) is 36.4 Å². The van der Waals surface area contributed by atoms with Gasteiger partial charge in [-0.05, 0) is 41.5 Å². The van der Waals surface area contributed by atoms with Gasteiger partial charge in [-0.15, -0.1) is 0 Å². The van der Waals surface area contributed by atoms with Gasteiger partial charge in [-0.25, -0.2) is 9.37 Å². The predicted molar refractivity (Wildman–Crippen MR) is 131 cm³/mol. The maximum atomic E-state index is 14.1. The fourth-order valence-corrected chi connectivity index (χ4v) is 4.48. The summed E-state index contributed by atoms with van der Waals surface area (Å²) in [5.41, 5.74) is 2.67. The summed E-state index contributed by atoms with van der Waals surface area (Å²) in [5.74, 6) is 0.566. The zero-order chi connectivity index (χ0) is 24.6. The van der Waals surface area contributed by atoms with E-state index in [4.69, 9.17) is 9.47 Å². The van der Waals surface area contributed by atoms with Crippen molar-refractivity contribution in [2.24, 2.45) is 0 Å². The fraction of sp³-hybridized carbons (Fsp3) is 0.148. The van der Waals surface area contributed by atoms with Crippen LogP contribution >= 0.6 is 0 Å². The topological polar surface area (TPSA) is 87.4 Å². The van der Waals surface area contributed by atoms with Gasteiger partial charge < -0.3 is 19.4 Å². The minimum absolute atomic E-state index is 0.123. The molecule has 1 N–H and O–H groups in total. The SMILES string of the molecule is O=C(Cn1c2ccc(F)cc2c2ncn(Cc3ccccc3)c(=O)c21)NCc1ccc2c(c1)OCO2. The number of nitrogens with zero attached hydrogens (tertiary/aromatic N) is 3. The molecule has 5 aromatic rings. The number of carbonyl (C=O) groups excluding carboxylic acids is 1. The molecule has 0 unspecified atom stereocenters. The van der Waals surface area contributed by atoms with E-state index in [1.807, 2.05) is 42.5 Å². The van der Waals surface area contributed by atoms with Crippen molar-refractivity contribution >= 4 is 27.8 Å². The van der Waals surface area contributed by atoms with Gasteiger partial charge in [0.2, 0.25) is 12.7 Å². The van der Waals surface area contributed by atoms with Gasteiger partial charge in [-0.2, -0.15) is 0 Å². The summed E-state index contributed by atoms with van der Waals surface area (Å²) in [7, 11) is 0. The highest BCUT2D eigenvalue weighted by molar-refractivity contribution is 6.06. The second-order valence-electron chi connectivity index (χ2n) is 8.57. The lowest BCUT2D eigenvalue weighted by molar-refractivity contribution is -0.121. The average Bonchev–Trinajstić information content (AvgIpc) is 3.47. The van der Waals surface area contributed by atoms with Gasteiger partial charge in [0.15, 0.2) is 11.5 Å². The standard InChI is InChI=1S/C27H21FN4O4/c28-19-7-8-21-20(11-19)25-26(27(34)31(15-30-25)13-17-4-2-1-3-5-17)32(21)14-24(33)29-12-18-6-9-22-23(10-18)36-16-35-22/h1-11,15H,12-14,16H2,(H,29,33). The van der Waals surface area contributed by atoms with Crippen molar-refractivity contribution in [2.45, 2.75) is 19.6 Å². The van der Waals surface area contributed by atoms with Crippen LogP contribution in [-0.2, 0) is 24.4 Å². The van der Waals surface area contributed by atoms with E-state index in [-0.39, 0.29) is 36.9 Å². The molecule has 1 aliphatic heterocycles. The molecule has 2 aromatic heterocycles. The lowest BCUT2D eigenvalue weighted by Crippen LogP contribution is -2.29. The van der Waals surface area contributed by atoms with Crippen molar-refractivity contribution in [2.75, 3.05) is 6.79 Å². The van der Waals surface area contributed by atoms with Crippen LogP contribution in [-0.4, -0.2) is 26.8 Å². The summed E-state index contributed by atoms with van der Waals surface area (Å²) in [6, 6.07) is 19.2. The molecule has 0 radical (unpaired) electrons. The summed E-state index contributed by atoms with van der Waals surface area (Å²) in [5, 5.41) is 3.37. The number of ether oxygens (including phenoxy) is 2. The first-order chi connectivity index (χ1) is 17.6. The third-order valence-corrected chi connectivity index (χ3v) is 6.21.